The minimum atomic E-state index is -0.375. The molecule has 0 unspecified atom stereocenters. The van der Waals surface area contributed by atoms with E-state index < -0.39 is 0 Å². The van der Waals surface area contributed by atoms with Crippen LogP contribution in [0.25, 0.3) is 0 Å². The first-order valence-corrected chi connectivity index (χ1v) is 8.88. The van der Waals surface area contributed by atoms with E-state index in [0.29, 0.717) is 18.7 Å². The molecule has 1 aromatic heterocycles. The summed E-state index contributed by atoms with van der Waals surface area (Å²) in [7, 11) is 0. The second-order valence-electron chi connectivity index (χ2n) is 6.28. The lowest BCUT2D eigenvalue weighted by Crippen LogP contribution is -2.26. The molecule has 0 aliphatic carbocycles. The molecule has 136 valence electrons. The summed E-state index contributed by atoms with van der Waals surface area (Å²) >= 11 is 0. The zero-order chi connectivity index (χ0) is 18.5. The number of aromatic nitrogens is 2. The van der Waals surface area contributed by atoms with Crippen LogP contribution >= 0.6 is 0 Å². The molecule has 1 saturated heterocycles. The van der Waals surface area contributed by atoms with Crippen LogP contribution in [-0.2, 0) is 11.3 Å². The van der Waals surface area contributed by atoms with Crippen LogP contribution in [0, 0.1) is 0 Å². The summed E-state index contributed by atoms with van der Waals surface area (Å²) in [5.74, 6) is -0.249. The molecule has 7 heteroatoms. The molecule has 1 aliphatic rings. The van der Waals surface area contributed by atoms with Crippen LogP contribution in [0.1, 0.15) is 43.1 Å². The number of nitrogens with one attached hydrogen (secondary N) is 1. The maximum atomic E-state index is 12.4. The van der Waals surface area contributed by atoms with Crippen LogP contribution in [0.5, 0.6) is 0 Å². The second-order valence-corrected chi connectivity index (χ2v) is 6.28. The summed E-state index contributed by atoms with van der Waals surface area (Å²) in [5, 5.41) is 6.91. The molecule has 3 rings (SSSR count). The largest absolute Gasteiger partial charge is 0.321 e. The van der Waals surface area contributed by atoms with Gasteiger partial charge in [-0.3, -0.25) is 14.4 Å². The molecule has 0 saturated carbocycles. The zero-order valence-corrected chi connectivity index (χ0v) is 14.8. The summed E-state index contributed by atoms with van der Waals surface area (Å²) < 4.78 is 1.32. The van der Waals surface area contributed by atoms with Gasteiger partial charge in [-0.1, -0.05) is 13.3 Å². The van der Waals surface area contributed by atoms with Crippen molar-refractivity contribution >= 4 is 23.2 Å². The number of carbonyl (C=O) groups is 2. The van der Waals surface area contributed by atoms with E-state index >= 15 is 0 Å². The molecule has 0 spiro atoms. The van der Waals surface area contributed by atoms with Crippen LogP contribution in [0.15, 0.2) is 41.2 Å². The first-order chi connectivity index (χ1) is 12.6. The fourth-order valence-electron chi connectivity index (χ4n) is 2.88. The third-order valence-corrected chi connectivity index (χ3v) is 4.33. The number of hydrogen-bond donors (Lipinski definition) is 1. The summed E-state index contributed by atoms with van der Waals surface area (Å²) in [6.45, 7) is 3.25. The summed E-state index contributed by atoms with van der Waals surface area (Å²) in [5.41, 5.74) is 1.42. The Labute approximate surface area is 151 Å². The van der Waals surface area contributed by atoms with Crippen molar-refractivity contribution in [3.05, 3.63) is 52.4 Å². The zero-order valence-electron chi connectivity index (χ0n) is 14.8. The van der Waals surface area contributed by atoms with Crippen LogP contribution in [0.2, 0.25) is 0 Å². The van der Waals surface area contributed by atoms with E-state index in [0.717, 1.165) is 31.5 Å². The van der Waals surface area contributed by atoms with E-state index in [1.807, 2.05) is 19.1 Å². The van der Waals surface area contributed by atoms with Gasteiger partial charge < -0.3 is 10.2 Å². The Morgan fingerprint density at radius 1 is 1.15 bits per heavy atom. The van der Waals surface area contributed by atoms with E-state index in [9.17, 15) is 14.4 Å². The number of benzene rings is 1. The Bertz CT molecular complexity index is 858. The number of anilines is 2. The molecule has 0 bridgehead atoms. The fourth-order valence-corrected chi connectivity index (χ4v) is 2.88. The van der Waals surface area contributed by atoms with E-state index in [4.69, 9.17) is 0 Å². The third-order valence-electron chi connectivity index (χ3n) is 4.33. The molecular weight excluding hydrogens is 332 g/mol. The topological polar surface area (TPSA) is 84.3 Å². The van der Waals surface area contributed by atoms with Gasteiger partial charge in [0.15, 0.2) is 0 Å². The first-order valence-electron chi connectivity index (χ1n) is 8.88. The Morgan fingerprint density at radius 3 is 2.58 bits per heavy atom. The molecule has 1 N–H and O–H groups in total. The van der Waals surface area contributed by atoms with Gasteiger partial charge in [0, 0.05) is 37.0 Å². The summed E-state index contributed by atoms with van der Waals surface area (Å²) in [6, 6.07) is 9.93. The SMILES string of the molecule is CCCCn1nc(C(=O)Nc2ccc(N3CCCC3=O)cc2)ccc1=O. The Hall–Kier alpha value is -2.96. The van der Waals surface area contributed by atoms with E-state index in [1.165, 1.54) is 16.8 Å². The highest BCUT2D eigenvalue weighted by atomic mass is 16.2. The number of amides is 2. The molecule has 2 heterocycles. The monoisotopic (exact) mass is 354 g/mol. The highest BCUT2D eigenvalue weighted by Gasteiger charge is 2.21. The average molecular weight is 354 g/mol. The van der Waals surface area contributed by atoms with Gasteiger partial charge in [0.2, 0.25) is 5.91 Å². The Balaban J connectivity index is 1.69. The molecule has 2 amide bonds. The van der Waals surface area contributed by atoms with Gasteiger partial charge in [-0.2, -0.15) is 5.10 Å². The highest BCUT2D eigenvalue weighted by Crippen LogP contribution is 2.23. The molecule has 0 radical (unpaired) electrons. The molecule has 1 aromatic carbocycles. The van der Waals surface area contributed by atoms with E-state index in [1.54, 1.807) is 17.0 Å². The van der Waals surface area contributed by atoms with Crippen molar-refractivity contribution in [2.45, 2.75) is 39.2 Å². The van der Waals surface area contributed by atoms with Gasteiger partial charge in [-0.05, 0) is 43.2 Å². The van der Waals surface area contributed by atoms with Gasteiger partial charge in [0.1, 0.15) is 5.69 Å². The predicted molar refractivity (Wildman–Crippen MR) is 99.4 cm³/mol. The first kappa shape index (κ1) is 17.8. The van der Waals surface area contributed by atoms with Gasteiger partial charge in [-0.25, -0.2) is 4.68 Å². The van der Waals surface area contributed by atoms with E-state index in [2.05, 4.69) is 10.4 Å². The van der Waals surface area contributed by atoms with Crippen LogP contribution < -0.4 is 15.8 Å². The lowest BCUT2D eigenvalue weighted by molar-refractivity contribution is -0.117. The van der Waals surface area contributed by atoms with Gasteiger partial charge >= 0.3 is 0 Å². The second kappa shape index (κ2) is 7.95. The van der Waals surface area contributed by atoms with Crippen molar-refractivity contribution in [1.29, 1.82) is 0 Å². The summed E-state index contributed by atoms with van der Waals surface area (Å²) in [4.78, 5) is 37.7. The van der Waals surface area contributed by atoms with E-state index in [-0.39, 0.29) is 23.1 Å². The maximum absolute atomic E-state index is 12.4. The lowest BCUT2D eigenvalue weighted by atomic mass is 10.2. The minimum absolute atomic E-state index is 0.125. The molecule has 1 fully saturated rings. The Kier molecular flexibility index (Phi) is 5.46. The highest BCUT2D eigenvalue weighted by molar-refractivity contribution is 6.03. The van der Waals surface area contributed by atoms with Gasteiger partial charge in [0.25, 0.3) is 11.5 Å². The molecular formula is C19H22N4O3. The number of nitrogens with zero attached hydrogens (tertiary/aromatic N) is 3. The molecule has 7 nitrogen and oxygen atoms in total. The molecule has 0 atom stereocenters. The predicted octanol–water partition coefficient (Wildman–Crippen LogP) is 2.42. The number of aryl methyl sites for hydroxylation is 1. The van der Waals surface area contributed by atoms with Crippen molar-refractivity contribution < 1.29 is 9.59 Å². The molecule has 26 heavy (non-hydrogen) atoms. The normalized spacial score (nSPS) is 13.9. The van der Waals surface area contributed by atoms with Gasteiger partial charge in [0.05, 0.1) is 0 Å². The van der Waals surface area contributed by atoms with Crippen molar-refractivity contribution in [3.8, 4) is 0 Å². The molecule has 1 aliphatic heterocycles. The number of hydrogen-bond acceptors (Lipinski definition) is 4. The van der Waals surface area contributed by atoms with Crippen molar-refractivity contribution in [1.82, 2.24) is 9.78 Å². The third kappa shape index (κ3) is 3.99. The standard InChI is InChI=1S/C19H22N4O3/c1-2-3-13-23-18(25)11-10-16(21-23)19(26)20-14-6-8-15(9-7-14)22-12-4-5-17(22)24/h6-11H,2-5,12-13H2,1H3,(H,20,26). The lowest BCUT2D eigenvalue weighted by Gasteiger charge is -2.16. The van der Waals surface area contributed by atoms with Crippen LogP contribution in [0.3, 0.4) is 0 Å². The van der Waals surface area contributed by atoms with Crippen LogP contribution in [-0.4, -0.2) is 28.1 Å². The van der Waals surface area contributed by atoms with Crippen molar-refractivity contribution in [2.75, 3.05) is 16.8 Å². The Morgan fingerprint density at radius 2 is 1.92 bits per heavy atom. The number of rotatable bonds is 6. The molecule has 2 aromatic rings. The smallest absolute Gasteiger partial charge is 0.276 e. The quantitative estimate of drug-likeness (QED) is 0.863. The maximum Gasteiger partial charge on any atom is 0.276 e. The average Bonchev–Trinajstić information content (AvgIpc) is 3.07. The number of carbonyl (C=O) groups excluding carboxylic acids is 2. The van der Waals surface area contributed by atoms with Crippen molar-refractivity contribution in [2.24, 2.45) is 0 Å². The fraction of sp³-hybridized carbons (Fsp3) is 0.368. The van der Waals surface area contributed by atoms with Crippen LogP contribution in [0.4, 0.5) is 11.4 Å². The van der Waals surface area contributed by atoms with Crippen molar-refractivity contribution in [3.63, 3.8) is 0 Å². The minimum Gasteiger partial charge on any atom is -0.321 e. The summed E-state index contributed by atoms with van der Waals surface area (Å²) in [6.07, 6.45) is 3.22. The van der Waals surface area contributed by atoms with Gasteiger partial charge in [-0.15, -0.1) is 0 Å². The number of unbranched alkanes of at least 4 members (excludes halogenated alkanes) is 1.